The lowest BCUT2D eigenvalue weighted by molar-refractivity contribution is 0.255. The van der Waals surface area contributed by atoms with Crippen molar-refractivity contribution in [2.75, 3.05) is 28.4 Å². The molecule has 0 unspecified atom stereocenters. The summed E-state index contributed by atoms with van der Waals surface area (Å²) in [5.74, 6) is 9.16. The molecule has 0 atom stereocenters. The van der Waals surface area contributed by atoms with Crippen LogP contribution in [0.1, 0.15) is 11.1 Å². The first-order valence-electron chi connectivity index (χ1n) is 7.52. The lowest BCUT2D eigenvalue weighted by atomic mass is 10.1. The van der Waals surface area contributed by atoms with Gasteiger partial charge >= 0.3 is 0 Å². The Kier molecular flexibility index (Phi) is 6.28. The van der Waals surface area contributed by atoms with E-state index in [2.05, 4.69) is 0 Å². The molecule has 0 spiro atoms. The number of hydrogen-bond acceptors (Lipinski definition) is 6. The van der Waals surface area contributed by atoms with Gasteiger partial charge in [0.1, 0.15) is 23.0 Å². The highest BCUT2D eigenvalue weighted by Crippen LogP contribution is 2.28. The van der Waals surface area contributed by atoms with Crippen LogP contribution in [0.5, 0.6) is 23.0 Å². The number of ether oxygens (including phenoxy) is 4. The maximum absolute atomic E-state index is 6.19. The number of hydrazine groups is 1. The van der Waals surface area contributed by atoms with Crippen LogP contribution in [-0.4, -0.2) is 33.4 Å². The Morgan fingerprint density at radius 2 is 1.12 bits per heavy atom. The highest BCUT2D eigenvalue weighted by molar-refractivity contribution is 5.42. The molecule has 2 rings (SSSR count). The van der Waals surface area contributed by atoms with E-state index in [4.69, 9.17) is 24.8 Å². The molecule has 2 N–H and O–H groups in total. The first kappa shape index (κ1) is 17.9. The van der Waals surface area contributed by atoms with E-state index in [-0.39, 0.29) is 0 Å². The van der Waals surface area contributed by atoms with E-state index in [1.807, 2.05) is 36.4 Å². The van der Waals surface area contributed by atoms with Gasteiger partial charge in [0.15, 0.2) is 0 Å². The summed E-state index contributed by atoms with van der Waals surface area (Å²) in [6, 6.07) is 11.4. The van der Waals surface area contributed by atoms with Crippen LogP contribution in [0.3, 0.4) is 0 Å². The van der Waals surface area contributed by atoms with Gasteiger partial charge in [-0.1, -0.05) is 12.1 Å². The minimum Gasteiger partial charge on any atom is -0.497 e. The average Bonchev–Trinajstić information content (AvgIpc) is 2.62. The van der Waals surface area contributed by atoms with Gasteiger partial charge < -0.3 is 18.9 Å². The SMILES string of the molecule is COc1ccc(CN(N)Cc2ccc(OC)cc2OC)c(OC)c1. The molecule has 2 aromatic carbocycles. The second kappa shape index (κ2) is 8.42. The summed E-state index contributed by atoms with van der Waals surface area (Å²) in [4.78, 5) is 0. The predicted molar refractivity (Wildman–Crippen MR) is 92.5 cm³/mol. The summed E-state index contributed by atoms with van der Waals surface area (Å²) in [6.07, 6.45) is 0. The molecule has 0 radical (unpaired) electrons. The fraction of sp³-hybridized carbons (Fsp3) is 0.333. The molecule has 0 bridgehead atoms. The third kappa shape index (κ3) is 4.31. The molecule has 0 aliphatic carbocycles. The van der Waals surface area contributed by atoms with Gasteiger partial charge in [-0.25, -0.2) is 5.01 Å². The molecule has 6 nitrogen and oxygen atoms in total. The summed E-state index contributed by atoms with van der Waals surface area (Å²) in [7, 11) is 6.51. The van der Waals surface area contributed by atoms with Gasteiger partial charge in [0.2, 0.25) is 0 Å². The van der Waals surface area contributed by atoms with Gasteiger partial charge in [0.05, 0.1) is 28.4 Å². The molecule has 0 saturated carbocycles. The molecule has 0 fully saturated rings. The zero-order valence-electron chi connectivity index (χ0n) is 14.5. The Labute approximate surface area is 142 Å². The maximum Gasteiger partial charge on any atom is 0.127 e. The summed E-state index contributed by atoms with van der Waals surface area (Å²) in [5, 5.41) is 1.70. The first-order chi connectivity index (χ1) is 11.6. The highest BCUT2D eigenvalue weighted by Gasteiger charge is 2.12. The molecular weight excluding hydrogens is 308 g/mol. The van der Waals surface area contributed by atoms with E-state index in [0.29, 0.717) is 13.1 Å². The van der Waals surface area contributed by atoms with Gasteiger partial charge in [0.25, 0.3) is 0 Å². The molecule has 130 valence electrons. The Hall–Kier alpha value is -2.44. The average molecular weight is 332 g/mol. The fourth-order valence-electron chi connectivity index (χ4n) is 2.46. The number of methoxy groups -OCH3 is 4. The molecule has 2 aromatic rings. The van der Waals surface area contributed by atoms with E-state index in [1.54, 1.807) is 33.4 Å². The van der Waals surface area contributed by atoms with Gasteiger partial charge in [-0.3, -0.25) is 5.84 Å². The van der Waals surface area contributed by atoms with Gasteiger partial charge in [0, 0.05) is 36.3 Å². The molecule has 0 amide bonds. The van der Waals surface area contributed by atoms with E-state index in [9.17, 15) is 0 Å². The van der Waals surface area contributed by atoms with E-state index in [0.717, 1.165) is 34.1 Å². The van der Waals surface area contributed by atoms with Crippen molar-refractivity contribution in [1.29, 1.82) is 0 Å². The molecule has 0 heterocycles. The van der Waals surface area contributed by atoms with Gasteiger partial charge in [-0.05, 0) is 12.1 Å². The van der Waals surface area contributed by atoms with Gasteiger partial charge in [-0.15, -0.1) is 0 Å². The Bertz CT molecular complexity index is 619. The Balaban J connectivity index is 2.12. The summed E-state index contributed by atoms with van der Waals surface area (Å²) in [5.41, 5.74) is 1.96. The van der Waals surface area contributed by atoms with Crippen LogP contribution in [-0.2, 0) is 13.1 Å². The fourth-order valence-corrected chi connectivity index (χ4v) is 2.46. The minimum absolute atomic E-state index is 0.530. The number of nitrogens with two attached hydrogens (primary N) is 1. The summed E-state index contributed by atoms with van der Waals surface area (Å²) < 4.78 is 21.2. The van der Waals surface area contributed by atoms with Crippen molar-refractivity contribution in [2.24, 2.45) is 5.84 Å². The van der Waals surface area contributed by atoms with Crippen LogP contribution in [0, 0.1) is 0 Å². The molecule has 6 heteroatoms. The third-order valence-electron chi connectivity index (χ3n) is 3.74. The van der Waals surface area contributed by atoms with E-state index >= 15 is 0 Å². The molecule has 0 aromatic heterocycles. The van der Waals surface area contributed by atoms with Crippen LogP contribution < -0.4 is 24.8 Å². The number of hydrogen-bond donors (Lipinski definition) is 1. The van der Waals surface area contributed by atoms with Crippen molar-refractivity contribution in [3.05, 3.63) is 47.5 Å². The Morgan fingerprint density at radius 3 is 1.46 bits per heavy atom. The second-order valence-electron chi connectivity index (χ2n) is 5.26. The van der Waals surface area contributed by atoms with Crippen LogP contribution in [0.4, 0.5) is 0 Å². The largest absolute Gasteiger partial charge is 0.497 e. The molecule has 24 heavy (non-hydrogen) atoms. The van der Waals surface area contributed by atoms with Crippen molar-refractivity contribution < 1.29 is 18.9 Å². The van der Waals surface area contributed by atoms with E-state index in [1.165, 1.54) is 0 Å². The zero-order chi connectivity index (χ0) is 17.5. The lowest BCUT2D eigenvalue weighted by Crippen LogP contribution is -2.30. The van der Waals surface area contributed by atoms with Gasteiger partial charge in [-0.2, -0.15) is 0 Å². The normalized spacial score (nSPS) is 10.6. The first-order valence-corrected chi connectivity index (χ1v) is 7.52. The van der Waals surface area contributed by atoms with Crippen molar-refractivity contribution in [3.63, 3.8) is 0 Å². The highest BCUT2D eigenvalue weighted by atomic mass is 16.5. The van der Waals surface area contributed by atoms with Crippen molar-refractivity contribution in [2.45, 2.75) is 13.1 Å². The smallest absolute Gasteiger partial charge is 0.127 e. The number of nitrogens with zero attached hydrogens (tertiary/aromatic N) is 1. The predicted octanol–water partition coefficient (Wildman–Crippen LogP) is 2.60. The maximum atomic E-state index is 6.19. The van der Waals surface area contributed by atoms with Crippen molar-refractivity contribution >= 4 is 0 Å². The molecule has 0 saturated heterocycles. The molecular formula is C18H24N2O4. The second-order valence-corrected chi connectivity index (χ2v) is 5.26. The third-order valence-corrected chi connectivity index (χ3v) is 3.74. The van der Waals surface area contributed by atoms with Crippen molar-refractivity contribution in [3.8, 4) is 23.0 Å². The number of rotatable bonds is 8. The standard InChI is InChI=1S/C18H24N2O4/c1-21-15-7-5-13(17(9-15)23-3)11-20(19)12-14-6-8-16(22-2)10-18(14)24-4/h5-10H,11-12,19H2,1-4H3. The zero-order valence-corrected chi connectivity index (χ0v) is 14.5. The summed E-state index contributed by atoms with van der Waals surface area (Å²) in [6.45, 7) is 1.06. The minimum atomic E-state index is 0.530. The Morgan fingerprint density at radius 1 is 0.708 bits per heavy atom. The molecule has 0 aliphatic heterocycles. The quantitative estimate of drug-likeness (QED) is 0.592. The monoisotopic (exact) mass is 332 g/mol. The summed E-state index contributed by atoms with van der Waals surface area (Å²) >= 11 is 0. The van der Waals surface area contributed by atoms with Crippen LogP contribution in [0.2, 0.25) is 0 Å². The van der Waals surface area contributed by atoms with Crippen LogP contribution in [0.25, 0.3) is 0 Å². The van der Waals surface area contributed by atoms with E-state index < -0.39 is 0 Å². The van der Waals surface area contributed by atoms with Crippen LogP contribution >= 0.6 is 0 Å². The molecule has 0 aliphatic rings. The number of benzene rings is 2. The van der Waals surface area contributed by atoms with Crippen LogP contribution in [0.15, 0.2) is 36.4 Å². The van der Waals surface area contributed by atoms with Crippen molar-refractivity contribution in [1.82, 2.24) is 5.01 Å². The topological polar surface area (TPSA) is 66.2 Å². The lowest BCUT2D eigenvalue weighted by Gasteiger charge is -2.20.